The first-order valence-corrected chi connectivity index (χ1v) is 5.23. The normalized spacial score (nSPS) is 10.7. The lowest BCUT2D eigenvalue weighted by Crippen LogP contribution is -2.22. The van der Waals surface area contributed by atoms with Crippen LogP contribution in [0.15, 0.2) is 18.2 Å². The van der Waals surface area contributed by atoms with Crippen LogP contribution in [-0.4, -0.2) is 27.8 Å². The number of fused-ring (bicyclic) bond motifs is 1. The Balaban J connectivity index is 2.28. The number of benzene rings is 1. The molecule has 0 spiro atoms. The largest absolute Gasteiger partial charge is 0.342 e. The molecule has 0 aliphatic carbocycles. The average Bonchev–Trinajstić information content (AvgIpc) is 2.57. The molecule has 0 aliphatic heterocycles. The van der Waals surface area contributed by atoms with Crippen molar-refractivity contribution in [3.8, 4) is 0 Å². The smallest absolute Gasteiger partial charge is 0.219 e. The minimum atomic E-state index is 0.0703. The minimum absolute atomic E-state index is 0.0703. The fraction of sp³-hybridized carbons (Fsp3) is 0.333. The van der Waals surface area contributed by atoms with Crippen LogP contribution in [0.5, 0.6) is 0 Å². The zero-order chi connectivity index (χ0) is 11.7. The molecule has 0 saturated heterocycles. The first-order chi connectivity index (χ1) is 7.56. The van der Waals surface area contributed by atoms with Gasteiger partial charge < -0.3 is 9.88 Å². The van der Waals surface area contributed by atoms with Crippen LogP contribution in [0.1, 0.15) is 18.3 Å². The second kappa shape index (κ2) is 3.96. The van der Waals surface area contributed by atoms with Crippen molar-refractivity contribution in [3.05, 3.63) is 29.6 Å². The van der Waals surface area contributed by atoms with Gasteiger partial charge in [-0.1, -0.05) is 6.07 Å². The summed E-state index contributed by atoms with van der Waals surface area (Å²) in [5.74, 6) is 0.980. The van der Waals surface area contributed by atoms with Crippen LogP contribution in [0.4, 0.5) is 0 Å². The van der Waals surface area contributed by atoms with E-state index < -0.39 is 0 Å². The Morgan fingerprint density at radius 3 is 2.94 bits per heavy atom. The molecule has 84 valence electrons. The molecule has 0 saturated carbocycles. The molecule has 0 bridgehead atoms. The molecule has 1 N–H and O–H groups in total. The van der Waals surface area contributed by atoms with Crippen LogP contribution in [0, 0.1) is 6.92 Å². The highest BCUT2D eigenvalue weighted by Crippen LogP contribution is 2.14. The number of H-pyrrole nitrogens is 1. The second-order valence-electron chi connectivity index (χ2n) is 4.05. The lowest BCUT2D eigenvalue weighted by Gasteiger charge is -2.14. The van der Waals surface area contributed by atoms with Crippen LogP contribution in [0.2, 0.25) is 0 Å². The third kappa shape index (κ3) is 2.05. The number of hydrogen-bond donors (Lipinski definition) is 1. The maximum Gasteiger partial charge on any atom is 0.219 e. The van der Waals surface area contributed by atoms with Crippen LogP contribution in [0.25, 0.3) is 11.0 Å². The van der Waals surface area contributed by atoms with Crippen molar-refractivity contribution < 1.29 is 4.79 Å². The van der Waals surface area contributed by atoms with Gasteiger partial charge in [0.15, 0.2) is 0 Å². The number of rotatable bonds is 2. The maximum absolute atomic E-state index is 11.1. The van der Waals surface area contributed by atoms with Crippen molar-refractivity contribution in [1.29, 1.82) is 0 Å². The van der Waals surface area contributed by atoms with E-state index in [2.05, 4.69) is 9.97 Å². The molecule has 0 radical (unpaired) electrons. The molecule has 0 unspecified atom stereocenters. The number of carbonyl (C=O) groups excluding carboxylic acids is 1. The van der Waals surface area contributed by atoms with Crippen LogP contribution in [0.3, 0.4) is 0 Å². The number of carbonyl (C=O) groups is 1. The highest BCUT2D eigenvalue weighted by molar-refractivity contribution is 5.76. The van der Waals surface area contributed by atoms with Gasteiger partial charge in [0, 0.05) is 20.5 Å². The monoisotopic (exact) mass is 217 g/mol. The Morgan fingerprint density at radius 1 is 1.50 bits per heavy atom. The lowest BCUT2D eigenvalue weighted by molar-refractivity contribution is -0.128. The summed E-state index contributed by atoms with van der Waals surface area (Å²) in [5, 5.41) is 0. The van der Waals surface area contributed by atoms with E-state index in [1.807, 2.05) is 25.1 Å². The van der Waals surface area contributed by atoms with Crippen LogP contribution >= 0.6 is 0 Å². The van der Waals surface area contributed by atoms with Crippen molar-refractivity contribution in [3.63, 3.8) is 0 Å². The quantitative estimate of drug-likeness (QED) is 0.834. The molecule has 1 heterocycles. The number of aromatic nitrogens is 2. The molecule has 2 rings (SSSR count). The van der Waals surface area contributed by atoms with E-state index in [9.17, 15) is 4.79 Å². The Labute approximate surface area is 94.3 Å². The maximum atomic E-state index is 11.1. The van der Waals surface area contributed by atoms with Gasteiger partial charge in [-0.15, -0.1) is 0 Å². The minimum Gasteiger partial charge on any atom is -0.342 e. The fourth-order valence-corrected chi connectivity index (χ4v) is 1.67. The molecule has 1 aromatic heterocycles. The molecule has 0 fully saturated rings. The second-order valence-corrected chi connectivity index (χ2v) is 4.05. The van der Waals surface area contributed by atoms with Crippen molar-refractivity contribution in [2.45, 2.75) is 20.4 Å². The van der Waals surface area contributed by atoms with Gasteiger partial charge in [-0.2, -0.15) is 0 Å². The van der Waals surface area contributed by atoms with E-state index in [-0.39, 0.29) is 5.91 Å². The van der Waals surface area contributed by atoms with Crippen LogP contribution in [-0.2, 0) is 11.3 Å². The highest BCUT2D eigenvalue weighted by atomic mass is 16.2. The predicted molar refractivity (Wildman–Crippen MR) is 63.0 cm³/mol. The first kappa shape index (κ1) is 10.7. The molecule has 2 aromatic rings. The number of nitrogens with one attached hydrogen (secondary N) is 1. The van der Waals surface area contributed by atoms with E-state index in [0.717, 1.165) is 22.4 Å². The number of hydrogen-bond acceptors (Lipinski definition) is 2. The van der Waals surface area contributed by atoms with Gasteiger partial charge in [-0.3, -0.25) is 4.79 Å². The molecule has 1 aromatic carbocycles. The summed E-state index contributed by atoms with van der Waals surface area (Å²) in [5.41, 5.74) is 3.09. The summed E-state index contributed by atoms with van der Waals surface area (Å²) in [6, 6.07) is 6.01. The van der Waals surface area contributed by atoms with E-state index in [1.54, 1.807) is 18.9 Å². The predicted octanol–water partition coefficient (Wildman–Crippen LogP) is 1.85. The number of aryl methyl sites for hydroxylation is 1. The van der Waals surface area contributed by atoms with Crippen molar-refractivity contribution in [2.75, 3.05) is 7.05 Å². The third-order valence-corrected chi connectivity index (χ3v) is 2.62. The zero-order valence-electron chi connectivity index (χ0n) is 9.74. The van der Waals surface area contributed by atoms with Crippen LogP contribution < -0.4 is 0 Å². The molecular formula is C12H15N3O. The fourth-order valence-electron chi connectivity index (χ4n) is 1.67. The van der Waals surface area contributed by atoms with Crippen molar-refractivity contribution in [1.82, 2.24) is 14.9 Å². The van der Waals surface area contributed by atoms with Crippen molar-refractivity contribution in [2.24, 2.45) is 0 Å². The third-order valence-electron chi connectivity index (χ3n) is 2.62. The summed E-state index contributed by atoms with van der Waals surface area (Å²) in [4.78, 5) is 20.3. The standard InChI is InChI=1S/C12H15N3O/c1-8-13-11-5-4-10(6-12(11)14-8)7-15(3)9(2)16/h4-6H,7H2,1-3H3,(H,13,14). The molecule has 0 atom stereocenters. The Morgan fingerprint density at radius 2 is 2.25 bits per heavy atom. The van der Waals surface area contributed by atoms with E-state index in [1.165, 1.54) is 0 Å². The highest BCUT2D eigenvalue weighted by Gasteiger charge is 2.05. The van der Waals surface area contributed by atoms with E-state index in [4.69, 9.17) is 0 Å². The summed E-state index contributed by atoms with van der Waals surface area (Å²) < 4.78 is 0. The average molecular weight is 217 g/mol. The SMILES string of the molecule is CC(=O)N(C)Cc1ccc2nc(C)[nH]c2c1. The number of amides is 1. The van der Waals surface area contributed by atoms with Gasteiger partial charge >= 0.3 is 0 Å². The summed E-state index contributed by atoms with van der Waals surface area (Å²) >= 11 is 0. The molecule has 16 heavy (non-hydrogen) atoms. The Hall–Kier alpha value is -1.84. The Kier molecular flexibility index (Phi) is 2.64. The lowest BCUT2D eigenvalue weighted by atomic mass is 10.2. The van der Waals surface area contributed by atoms with Gasteiger partial charge in [-0.05, 0) is 24.6 Å². The number of imidazole rings is 1. The van der Waals surface area contributed by atoms with E-state index >= 15 is 0 Å². The molecule has 1 amide bonds. The summed E-state index contributed by atoms with van der Waals surface area (Å²) in [6.07, 6.45) is 0. The van der Waals surface area contributed by atoms with Crippen molar-refractivity contribution >= 4 is 16.9 Å². The molecule has 4 heteroatoms. The summed E-state index contributed by atoms with van der Waals surface area (Å²) in [7, 11) is 1.80. The Bertz CT molecular complexity index is 530. The molecular weight excluding hydrogens is 202 g/mol. The zero-order valence-corrected chi connectivity index (χ0v) is 9.74. The van der Waals surface area contributed by atoms with Gasteiger partial charge in [0.1, 0.15) is 5.82 Å². The van der Waals surface area contributed by atoms with Gasteiger partial charge in [0.2, 0.25) is 5.91 Å². The first-order valence-electron chi connectivity index (χ1n) is 5.23. The number of nitrogens with zero attached hydrogens (tertiary/aromatic N) is 2. The molecule has 0 aliphatic rings. The number of aromatic amines is 1. The topological polar surface area (TPSA) is 49.0 Å². The molecule has 4 nitrogen and oxygen atoms in total. The summed E-state index contributed by atoms with van der Waals surface area (Å²) in [6.45, 7) is 4.13. The van der Waals surface area contributed by atoms with E-state index in [0.29, 0.717) is 6.54 Å². The van der Waals surface area contributed by atoms with Gasteiger partial charge in [0.05, 0.1) is 11.0 Å². The van der Waals surface area contributed by atoms with Gasteiger partial charge in [0.25, 0.3) is 0 Å². The van der Waals surface area contributed by atoms with Gasteiger partial charge in [-0.25, -0.2) is 4.98 Å².